The fraction of sp³-hybridized carbons (Fsp3) is 0.690. The van der Waals surface area contributed by atoms with E-state index < -0.39 is 23.5 Å². The van der Waals surface area contributed by atoms with Crippen molar-refractivity contribution in [3.8, 4) is 5.75 Å². The molecule has 2 N–H and O–H groups in total. The summed E-state index contributed by atoms with van der Waals surface area (Å²) in [6.07, 6.45) is 6.67. The highest BCUT2D eigenvalue weighted by Crippen LogP contribution is 2.26. The maximum absolute atomic E-state index is 13.2. The van der Waals surface area contributed by atoms with Gasteiger partial charge in [-0.05, 0) is 77.3 Å². The normalized spacial score (nSPS) is 19.1. The minimum atomic E-state index is -1.04. The van der Waals surface area contributed by atoms with E-state index in [0.29, 0.717) is 69.3 Å². The Morgan fingerprint density at radius 1 is 1.10 bits per heavy atom. The highest BCUT2D eigenvalue weighted by atomic mass is 16.6. The van der Waals surface area contributed by atoms with Crippen molar-refractivity contribution in [1.29, 1.82) is 0 Å². The van der Waals surface area contributed by atoms with E-state index in [0.717, 1.165) is 19.3 Å². The maximum Gasteiger partial charge on any atom is 0.410 e. The molecule has 11 nitrogen and oxygen atoms in total. The van der Waals surface area contributed by atoms with Crippen LogP contribution < -0.4 is 10.1 Å². The minimum Gasteiger partial charge on any atom is -0.492 e. The number of likely N-dealkylation sites (tertiary alicyclic amines) is 2. The number of hydrogen-bond donors (Lipinski definition) is 2. The number of ether oxygens (including phenoxy) is 2. The van der Waals surface area contributed by atoms with Gasteiger partial charge in [0.25, 0.3) is 0 Å². The molecule has 40 heavy (non-hydrogen) atoms. The molecule has 3 amide bonds. The number of carboxylic acids is 1. The van der Waals surface area contributed by atoms with Crippen LogP contribution in [0.1, 0.15) is 84.2 Å². The summed E-state index contributed by atoms with van der Waals surface area (Å²) >= 11 is 0. The zero-order valence-corrected chi connectivity index (χ0v) is 24.2. The third-order valence-electron chi connectivity index (χ3n) is 7.32. The molecular formula is C29H44N4O7. The Kier molecular flexibility index (Phi) is 11.2. The molecule has 0 bridgehead atoms. The molecule has 222 valence electrons. The van der Waals surface area contributed by atoms with Crippen molar-refractivity contribution in [3.05, 3.63) is 24.0 Å². The van der Waals surface area contributed by atoms with E-state index in [1.807, 2.05) is 27.7 Å². The lowest BCUT2D eigenvalue weighted by Gasteiger charge is -2.35. The van der Waals surface area contributed by atoms with Crippen LogP contribution in [-0.2, 0) is 19.1 Å². The molecule has 0 aliphatic carbocycles. The number of nitrogens with zero attached hydrogens (tertiary/aromatic N) is 3. The summed E-state index contributed by atoms with van der Waals surface area (Å²) < 4.78 is 10.9. The highest BCUT2D eigenvalue weighted by Gasteiger charge is 2.32. The summed E-state index contributed by atoms with van der Waals surface area (Å²) in [5.74, 6) is -0.805. The largest absolute Gasteiger partial charge is 0.492 e. The molecule has 1 aromatic heterocycles. The lowest BCUT2D eigenvalue weighted by Crippen LogP contribution is -2.46. The Labute approximate surface area is 236 Å². The summed E-state index contributed by atoms with van der Waals surface area (Å²) in [6.45, 7) is 10.0. The molecule has 0 aromatic carbocycles. The third kappa shape index (κ3) is 9.67. The molecule has 1 aromatic rings. The number of rotatable bonds is 10. The topological polar surface area (TPSA) is 138 Å². The van der Waals surface area contributed by atoms with Crippen molar-refractivity contribution in [2.24, 2.45) is 11.8 Å². The first-order valence-corrected chi connectivity index (χ1v) is 14.3. The lowest BCUT2D eigenvalue weighted by atomic mass is 9.91. The summed E-state index contributed by atoms with van der Waals surface area (Å²) in [5, 5.41) is 12.3. The maximum atomic E-state index is 13.2. The fourth-order valence-corrected chi connectivity index (χ4v) is 5.22. The van der Waals surface area contributed by atoms with E-state index in [-0.39, 0.29) is 24.3 Å². The second-order valence-corrected chi connectivity index (χ2v) is 11.7. The molecule has 2 atom stereocenters. The Balaban J connectivity index is 1.49. The van der Waals surface area contributed by atoms with Gasteiger partial charge < -0.3 is 29.7 Å². The number of amides is 3. The Hall–Kier alpha value is -3.37. The number of aromatic nitrogens is 1. The van der Waals surface area contributed by atoms with Gasteiger partial charge in [0.2, 0.25) is 11.8 Å². The molecule has 2 fully saturated rings. The number of aliphatic carboxylic acids is 1. The third-order valence-corrected chi connectivity index (χ3v) is 7.32. The number of piperidine rings is 2. The fourth-order valence-electron chi connectivity index (χ4n) is 5.22. The summed E-state index contributed by atoms with van der Waals surface area (Å²) in [4.78, 5) is 57.6. The van der Waals surface area contributed by atoms with Crippen LogP contribution in [0.3, 0.4) is 0 Å². The highest BCUT2D eigenvalue weighted by molar-refractivity contribution is 5.82. The van der Waals surface area contributed by atoms with Gasteiger partial charge in [-0.15, -0.1) is 0 Å². The van der Waals surface area contributed by atoms with E-state index in [1.165, 1.54) is 6.20 Å². The van der Waals surface area contributed by atoms with Crippen LogP contribution in [0.25, 0.3) is 0 Å². The van der Waals surface area contributed by atoms with Crippen molar-refractivity contribution in [2.75, 3.05) is 32.8 Å². The molecule has 0 saturated carbocycles. The second kappa shape index (κ2) is 14.3. The first-order valence-electron chi connectivity index (χ1n) is 14.3. The van der Waals surface area contributed by atoms with Crippen LogP contribution in [0, 0.1) is 11.8 Å². The van der Waals surface area contributed by atoms with Gasteiger partial charge in [0, 0.05) is 38.8 Å². The van der Waals surface area contributed by atoms with E-state index in [9.17, 15) is 24.3 Å². The number of carbonyl (C=O) groups excluding carboxylic acids is 3. The van der Waals surface area contributed by atoms with Gasteiger partial charge >= 0.3 is 12.1 Å². The van der Waals surface area contributed by atoms with Crippen molar-refractivity contribution in [2.45, 2.75) is 84.3 Å². The van der Waals surface area contributed by atoms with Crippen LogP contribution in [0.4, 0.5) is 4.79 Å². The number of carboxylic acid groups (broad SMARTS) is 1. The molecular weight excluding hydrogens is 516 g/mol. The Morgan fingerprint density at radius 2 is 1.82 bits per heavy atom. The predicted molar refractivity (Wildman–Crippen MR) is 148 cm³/mol. The molecule has 2 aliphatic rings. The van der Waals surface area contributed by atoms with Crippen LogP contribution in [0.15, 0.2) is 18.5 Å². The number of carbonyl (C=O) groups is 4. The van der Waals surface area contributed by atoms with Crippen LogP contribution in [0.2, 0.25) is 0 Å². The smallest absolute Gasteiger partial charge is 0.410 e. The van der Waals surface area contributed by atoms with Crippen molar-refractivity contribution < 1.29 is 33.8 Å². The monoisotopic (exact) mass is 560 g/mol. The van der Waals surface area contributed by atoms with E-state index in [4.69, 9.17) is 9.47 Å². The minimum absolute atomic E-state index is 0.0303. The zero-order chi connectivity index (χ0) is 29.3. The number of nitrogens with one attached hydrogen (secondary N) is 1. The SMILES string of the molecule is CCOc1cncc(C(CC(=O)O)NC(=O)[C@@H]2CCCN(C(=O)CCC3CCN(C(=O)OC(C)(C)C)CC3)C2)c1. The van der Waals surface area contributed by atoms with Gasteiger partial charge in [-0.3, -0.25) is 19.4 Å². The van der Waals surface area contributed by atoms with Gasteiger partial charge in [0.05, 0.1) is 31.2 Å². The van der Waals surface area contributed by atoms with Gasteiger partial charge in [0.1, 0.15) is 11.4 Å². The predicted octanol–water partition coefficient (Wildman–Crippen LogP) is 3.78. The van der Waals surface area contributed by atoms with E-state index in [1.54, 1.807) is 22.1 Å². The second-order valence-electron chi connectivity index (χ2n) is 11.7. The first-order chi connectivity index (χ1) is 18.9. The van der Waals surface area contributed by atoms with Crippen LogP contribution in [0.5, 0.6) is 5.75 Å². The molecule has 3 heterocycles. The summed E-state index contributed by atoms with van der Waals surface area (Å²) in [5.41, 5.74) is 0.0373. The van der Waals surface area contributed by atoms with Crippen molar-refractivity contribution >= 4 is 23.9 Å². The Morgan fingerprint density at radius 3 is 2.48 bits per heavy atom. The molecule has 2 aliphatic heterocycles. The first kappa shape index (κ1) is 31.2. The zero-order valence-electron chi connectivity index (χ0n) is 24.2. The molecule has 1 unspecified atom stereocenters. The standard InChI is InChI=1S/C29H44N4O7/c1-5-39-23-15-22(17-30-18-23)24(16-26(35)36)31-27(37)21-7-6-12-33(19-21)25(34)9-8-20-10-13-32(14-11-20)28(38)40-29(2,3)4/h15,17-18,20-21,24H,5-14,16,19H2,1-4H3,(H,31,37)(H,35,36)/t21-,24?/m1/s1. The average Bonchev–Trinajstić information content (AvgIpc) is 2.91. The van der Waals surface area contributed by atoms with E-state index >= 15 is 0 Å². The molecule has 3 rings (SSSR count). The number of hydrogen-bond acceptors (Lipinski definition) is 7. The van der Waals surface area contributed by atoms with Gasteiger partial charge in [0.15, 0.2) is 0 Å². The van der Waals surface area contributed by atoms with E-state index in [2.05, 4.69) is 10.3 Å². The summed E-state index contributed by atoms with van der Waals surface area (Å²) in [6, 6.07) is 0.939. The van der Waals surface area contributed by atoms with Crippen LogP contribution >= 0.6 is 0 Å². The average molecular weight is 561 g/mol. The molecule has 0 radical (unpaired) electrons. The quantitative estimate of drug-likeness (QED) is 0.441. The molecule has 0 spiro atoms. The van der Waals surface area contributed by atoms with Gasteiger partial charge in [-0.25, -0.2) is 4.79 Å². The van der Waals surface area contributed by atoms with Gasteiger partial charge in [-0.1, -0.05) is 0 Å². The van der Waals surface area contributed by atoms with Crippen molar-refractivity contribution in [1.82, 2.24) is 20.1 Å². The summed E-state index contributed by atoms with van der Waals surface area (Å²) in [7, 11) is 0. The lowest BCUT2D eigenvalue weighted by molar-refractivity contribution is -0.138. The van der Waals surface area contributed by atoms with Crippen molar-refractivity contribution in [3.63, 3.8) is 0 Å². The van der Waals surface area contributed by atoms with Gasteiger partial charge in [-0.2, -0.15) is 0 Å². The molecule has 11 heteroatoms. The Bertz CT molecular complexity index is 1030. The van der Waals surface area contributed by atoms with Crippen LogP contribution in [-0.4, -0.2) is 82.2 Å². The number of pyridine rings is 1. The molecule has 2 saturated heterocycles.